The summed E-state index contributed by atoms with van der Waals surface area (Å²) in [6.07, 6.45) is 0.0100. The molecular weight excluding hydrogens is 378 g/mol. The molecule has 18 heavy (non-hydrogen) atoms. The molecule has 0 aliphatic rings. The molecule has 2 rings (SSSR count). The number of halogens is 2. The Balaban J connectivity index is 2.21. The zero-order chi connectivity index (χ0) is 13.3. The molecule has 1 aromatic carbocycles. The van der Waals surface area contributed by atoms with Crippen LogP contribution in [0.4, 0.5) is 0 Å². The second kappa shape index (κ2) is 5.82. The van der Waals surface area contributed by atoms with Crippen LogP contribution in [-0.4, -0.2) is 10.1 Å². The number of rotatable bonds is 3. The van der Waals surface area contributed by atoms with Crippen molar-refractivity contribution in [2.24, 2.45) is 0 Å². The van der Waals surface area contributed by atoms with Crippen LogP contribution in [0.5, 0.6) is 0 Å². The molecule has 0 aliphatic carbocycles. The van der Waals surface area contributed by atoms with Gasteiger partial charge < -0.3 is 5.11 Å². The zero-order valence-electron chi connectivity index (χ0n) is 10.1. The number of aromatic nitrogens is 1. The molecule has 0 saturated carbocycles. The molecule has 0 radical (unpaired) electrons. The van der Waals surface area contributed by atoms with Crippen molar-refractivity contribution >= 4 is 43.2 Å². The third-order valence-corrected chi connectivity index (χ3v) is 5.07. The number of aliphatic hydroxyl groups is 1. The predicted octanol–water partition coefficient (Wildman–Crippen LogP) is 4.56. The molecule has 1 atom stereocenters. The van der Waals surface area contributed by atoms with Gasteiger partial charge in [0.15, 0.2) is 0 Å². The van der Waals surface area contributed by atoms with Gasteiger partial charge in [-0.15, -0.1) is 11.3 Å². The lowest BCUT2D eigenvalue weighted by atomic mass is 10.1. The molecule has 1 aromatic heterocycles. The first-order valence-corrected chi connectivity index (χ1v) is 7.93. The van der Waals surface area contributed by atoms with Crippen molar-refractivity contribution in [2.45, 2.75) is 26.4 Å². The van der Waals surface area contributed by atoms with Crippen molar-refractivity contribution in [3.63, 3.8) is 0 Å². The summed E-state index contributed by atoms with van der Waals surface area (Å²) >= 11 is 8.54. The topological polar surface area (TPSA) is 33.1 Å². The van der Waals surface area contributed by atoms with Crippen LogP contribution in [0, 0.1) is 13.8 Å². The van der Waals surface area contributed by atoms with Crippen LogP contribution in [0.1, 0.15) is 27.2 Å². The average Bonchev–Trinajstić information content (AvgIpc) is 2.61. The van der Waals surface area contributed by atoms with E-state index >= 15 is 0 Å². The first kappa shape index (κ1) is 14.2. The van der Waals surface area contributed by atoms with Gasteiger partial charge in [0, 0.05) is 20.2 Å². The van der Waals surface area contributed by atoms with Gasteiger partial charge in [0.1, 0.15) is 0 Å². The normalized spacial score (nSPS) is 12.7. The maximum Gasteiger partial charge on any atom is 0.0960 e. The molecule has 5 heteroatoms. The average molecular weight is 391 g/mol. The standard InChI is InChI=1S/C13H13Br2NOS/c1-7-8(2)18-13(16-7)6-12(17)10-5-9(14)3-4-11(10)15/h3-5,12,17H,6H2,1-2H3. The summed E-state index contributed by atoms with van der Waals surface area (Å²) in [6.45, 7) is 4.05. The van der Waals surface area contributed by atoms with Gasteiger partial charge in [0.05, 0.1) is 16.8 Å². The van der Waals surface area contributed by atoms with E-state index in [2.05, 4.69) is 43.8 Å². The van der Waals surface area contributed by atoms with E-state index in [0.29, 0.717) is 6.42 Å². The fourth-order valence-corrected chi connectivity index (χ4v) is 3.53. The minimum Gasteiger partial charge on any atom is -0.388 e. The van der Waals surface area contributed by atoms with Gasteiger partial charge >= 0.3 is 0 Å². The van der Waals surface area contributed by atoms with E-state index in [1.54, 1.807) is 11.3 Å². The summed E-state index contributed by atoms with van der Waals surface area (Å²) in [7, 11) is 0. The zero-order valence-corrected chi connectivity index (χ0v) is 14.1. The van der Waals surface area contributed by atoms with E-state index < -0.39 is 6.10 Å². The molecule has 0 bridgehead atoms. The number of nitrogens with zero attached hydrogens (tertiary/aromatic N) is 1. The number of thiazole rings is 1. The number of hydrogen-bond donors (Lipinski definition) is 1. The van der Waals surface area contributed by atoms with Crippen molar-refractivity contribution in [1.82, 2.24) is 4.98 Å². The molecule has 2 aromatic rings. The summed E-state index contributed by atoms with van der Waals surface area (Å²) in [5.74, 6) is 0. The third-order valence-electron chi connectivity index (χ3n) is 2.76. The number of hydrogen-bond acceptors (Lipinski definition) is 3. The van der Waals surface area contributed by atoms with Gasteiger partial charge in [0.25, 0.3) is 0 Å². The molecule has 1 heterocycles. The van der Waals surface area contributed by atoms with E-state index in [1.807, 2.05) is 25.1 Å². The Labute approximate surface area is 127 Å². The smallest absolute Gasteiger partial charge is 0.0960 e. The molecule has 1 unspecified atom stereocenters. The van der Waals surface area contributed by atoms with Crippen LogP contribution >= 0.6 is 43.2 Å². The highest BCUT2D eigenvalue weighted by Gasteiger charge is 2.15. The van der Waals surface area contributed by atoms with Gasteiger partial charge in [-0.25, -0.2) is 4.98 Å². The maximum absolute atomic E-state index is 10.3. The molecule has 96 valence electrons. The molecule has 0 fully saturated rings. The molecule has 2 nitrogen and oxygen atoms in total. The van der Waals surface area contributed by atoms with E-state index in [-0.39, 0.29) is 0 Å². The summed E-state index contributed by atoms with van der Waals surface area (Å²) in [5, 5.41) is 11.3. The van der Waals surface area contributed by atoms with Crippen molar-refractivity contribution in [2.75, 3.05) is 0 Å². The monoisotopic (exact) mass is 389 g/mol. The quantitative estimate of drug-likeness (QED) is 0.833. The first-order valence-electron chi connectivity index (χ1n) is 5.53. The number of benzene rings is 1. The Kier molecular flexibility index (Phi) is 4.59. The first-order chi connectivity index (χ1) is 8.47. The van der Waals surface area contributed by atoms with E-state index in [1.165, 1.54) is 4.88 Å². The van der Waals surface area contributed by atoms with Crippen LogP contribution in [0.2, 0.25) is 0 Å². The van der Waals surface area contributed by atoms with Crippen molar-refractivity contribution < 1.29 is 5.11 Å². The van der Waals surface area contributed by atoms with Crippen LogP contribution in [-0.2, 0) is 6.42 Å². The fraction of sp³-hybridized carbons (Fsp3) is 0.308. The highest BCUT2D eigenvalue weighted by Crippen LogP contribution is 2.30. The van der Waals surface area contributed by atoms with Gasteiger partial charge in [-0.3, -0.25) is 0 Å². The van der Waals surface area contributed by atoms with E-state index in [0.717, 1.165) is 25.2 Å². The Morgan fingerprint density at radius 3 is 2.67 bits per heavy atom. The molecule has 0 amide bonds. The summed E-state index contributed by atoms with van der Waals surface area (Å²) in [5.41, 5.74) is 1.94. The largest absolute Gasteiger partial charge is 0.388 e. The minimum absolute atomic E-state index is 0.540. The van der Waals surface area contributed by atoms with Gasteiger partial charge in [-0.05, 0) is 37.6 Å². The highest BCUT2D eigenvalue weighted by atomic mass is 79.9. The Morgan fingerprint density at radius 1 is 1.33 bits per heavy atom. The van der Waals surface area contributed by atoms with Crippen molar-refractivity contribution in [3.05, 3.63) is 48.3 Å². The van der Waals surface area contributed by atoms with Crippen LogP contribution in [0.3, 0.4) is 0 Å². The second-order valence-electron chi connectivity index (χ2n) is 4.13. The summed E-state index contributed by atoms with van der Waals surface area (Å²) in [6, 6.07) is 5.81. The van der Waals surface area contributed by atoms with Crippen LogP contribution in [0.25, 0.3) is 0 Å². The molecule has 1 N–H and O–H groups in total. The second-order valence-corrected chi connectivity index (χ2v) is 7.19. The lowest BCUT2D eigenvalue weighted by Gasteiger charge is -2.11. The summed E-state index contributed by atoms with van der Waals surface area (Å²) < 4.78 is 1.88. The van der Waals surface area contributed by atoms with E-state index in [4.69, 9.17) is 0 Å². The van der Waals surface area contributed by atoms with Crippen molar-refractivity contribution in [3.8, 4) is 0 Å². The Bertz CT molecular complexity index is 549. The molecule has 0 saturated heterocycles. The predicted molar refractivity (Wildman–Crippen MR) is 82.1 cm³/mol. The highest BCUT2D eigenvalue weighted by molar-refractivity contribution is 9.11. The molecule has 0 spiro atoms. The van der Waals surface area contributed by atoms with Crippen LogP contribution < -0.4 is 0 Å². The summed E-state index contributed by atoms with van der Waals surface area (Å²) in [4.78, 5) is 5.67. The minimum atomic E-state index is -0.540. The molecular formula is C13H13Br2NOS. The SMILES string of the molecule is Cc1nc(CC(O)c2cc(Br)ccc2Br)sc1C. The van der Waals surface area contributed by atoms with E-state index in [9.17, 15) is 5.11 Å². The van der Waals surface area contributed by atoms with Gasteiger partial charge in [-0.1, -0.05) is 31.9 Å². The third kappa shape index (κ3) is 3.20. The van der Waals surface area contributed by atoms with Gasteiger partial charge in [-0.2, -0.15) is 0 Å². The number of aliphatic hydroxyl groups excluding tert-OH is 1. The van der Waals surface area contributed by atoms with Crippen molar-refractivity contribution in [1.29, 1.82) is 0 Å². The number of aryl methyl sites for hydroxylation is 2. The molecule has 0 aliphatic heterocycles. The fourth-order valence-electron chi connectivity index (χ4n) is 1.67. The van der Waals surface area contributed by atoms with Crippen LogP contribution in [0.15, 0.2) is 27.1 Å². The van der Waals surface area contributed by atoms with Gasteiger partial charge in [0.2, 0.25) is 0 Å². The Morgan fingerprint density at radius 2 is 2.06 bits per heavy atom. The lowest BCUT2D eigenvalue weighted by molar-refractivity contribution is 0.177. The Hall–Kier alpha value is -0.230. The maximum atomic E-state index is 10.3. The lowest BCUT2D eigenvalue weighted by Crippen LogP contribution is -2.02.